The second-order valence-electron chi connectivity index (χ2n) is 4.34. The molecule has 0 aliphatic rings. The lowest BCUT2D eigenvalue weighted by Gasteiger charge is -2.05. The monoisotopic (exact) mass is 260 g/mol. The van der Waals surface area contributed by atoms with Crippen LogP contribution in [0.25, 0.3) is 11.0 Å². The molecular weight excluding hydrogens is 247 g/mol. The molecule has 6 nitrogen and oxygen atoms in total. The van der Waals surface area contributed by atoms with Gasteiger partial charge in [-0.25, -0.2) is 9.37 Å². The Morgan fingerprint density at radius 1 is 1.37 bits per heavy atom. The highest BCUT2D eigenvalue weighted by atomic mass is 19.1. The van der Waals surface area contributed by atoms with Crippen molar-refractivity contribution >= 4 is 17.0 Å². The average Bonchev–Trinajstić information content (AvgIpc) is 2.92. The molecule has 98 valence electrons. The van der Waals surface area contributed by atoms with E-state index in [2.05, 4.69) is 15.2 Å². The maximum Gasteiger partial charge on any atom is 0.201 e. The highest BCUT2D eigenvalue weighted by molar-refractivity contribution is 5.78. The summed E-state index contributed by atoms with van der Waals surface area (Å²) < 4.78 is 17.2. The maximum atomic E-state index is 13.6. The number of nitrogens with zero attached hydrogens (tertiary/aromatic N) is 5. The first-order valence-electron chi connectivity index (χ1n) is 5.90. The third-order valence-electron chi connectivity index (χ3n) is 3.12. The number of anilines is 1. The van der Waals surface area contributed by atoms with Crippen molar-refractivity contribution in [2.75, 3.05) is 5.73 Å². The summed E-state index contributed by atoms with van der Waals surface area (Å²) in [6.45, 7) is 0.582. The van der Waals surface area contributed by atoms with Crippen LogP contribution in [-0.2, 0) is 20.0 Å². The Balaban J connectivity index is 1.95. The fraction of sp³-hybridized carbons (Fsp3) is 0.250. The van der Waals surface area contributed by atoms with E-state index in [9.17, 15) is 4.39 Å². The minimum atomic E-state index is -0.360. The number of fused-ring (bicyclic) bond motifs is 1. The van der Waals surface area contributed by atoms with E-state index >= 15 is 0 Å². The lowest BCUT2D eigenvalue weighted by molar-refractivity contribution is 0.637. The predicted molar refractivity (Wildman–Crippen MR) is 68.8 cm³/mol. The van der Waals surface area contributed by atoms with Gasteiger partial charge >= 0.3 is 0 Å². The normalized spacial score (nSPS) is 11.3. The molecule has 0 bridgehead atoms. The number of hydrogen-bond donors (Lipinski definition) is 1. The van der Waals surface area contributed by atoms with Crippen LogP contribution in [0.5, 0.6) is 0 Å². The van der Waals surface area contributed by atoms with Gasteiger partial charge in [0, 0.05) is 20.0 Å². The fourth-order valence-electron chi connectivity index (χ4n) is 2.11. The lowest BCUT2D eigenvalue weighted by atomic mass is 10.3. The van der Waals surface area contributed by atoms with Crippen molar-refractivity contribution in [3.8, 4) is 0 Å². The predicted octanol–water partition coefficient (Wildman–Crippen LogP) is 1.13. The SMILES string of the molecule is Cn1cnnc1CCn1c(N)nc2c(F)cccc21. The van der Waals surface area contributed by atoms with Crippen molar-refractivity contribution in [1.29, 1.82) is 0 Å². The minimum Gasteiger partial charge on any atom is -0.369 e. The Labute approximate surface area is 108 Å². The maximum absolute atomic E-state index is 13.6. The number of nitrogens with two attached hydrogens (primary N) is 1. The van der Waals surface area contributed by atoms with Crippen LogP contribution in [-0.4, -0.2) is 24.3 Å². The van der Waals surface area contributed by atoms with Gasteiger partial charge in [-0.1, -0.05) is 6.07 Å². The topological polar surface area (TPSA) is 74.5 Å². The molecule has 2 N–H and O–H groups in total. The quantitative estimate of drug-likeness (QED) is 0.766. The molecule has 0 radical (unpaired) electrons. The first kappa shape index (κ1) is 11.6. The minimum absolute atomic E-state index is 0.304. The number of nitrogen functional groups attached to an aromatic ring is 1. The summed E-state index contributed by atoms with van der Waals surface area (Å²) in [6, 6.07) is 4.83. The number of imidazole rings is 1. The number of benzene rings is 1. The van der Waals surface area contributed by atoms with E-state index in [0.29, 0.717) is 29.9 Å². The fourth-order valence-corrected chi connectivity index (χ4v) is 2.11. The van der Waals surface area contributed by atoms with Gasteiger partial charge in [-0.2, -0.15) is 0 Å². The van der Waals surface area contributed by atoms with Gasteiger partial charge in [-0.3, -0.25) is 0 Å². The molecule has 19 heavy (non-hydrogen) atoms. The summed E-state index contributed by atoms with van der Waals surface area (Å²) in [5.74, 6) is 0.793. The second kappa shape index (κ2) is 4.34. The molecule has 1 aromatic carbocycles. The van der Waals surface area contributed by atoms with E-state index in [1.165, 1.54) is 6.07 Å². The Morgan fingerprint density at radius 2 is 2.21 bits per heavy atom. The average molecular weight is 260 g/mol. The van der Waals surface area contributed by atoms with Crippen LogP contribution in [0.3, 0.4) is 0 Å². The van der Waals surface area contributed by atoms with Crippen LogP contribution in [0.2, 0.25) is 0 Å². The number of para-hydroxylation sites is 1. The summed E-state index contributed by atoms with van der Waals surface area (Å²) >= 11 is 0. The van der Waals surface area contributed by atoms with Crippen LogP contribution < -0.4 is 5.73 Å². The summed E-state index contributed by atoms with van der Waals surface area (Å²) in [7, 11) is 1.88. The second-order valence-corrected chi connectivity index (χ2v) is 4.34. The van der Waals surface area contributed by atoms with Crippen molar-refractivity contribution in [3.05, 3.63) is 36.2 Å². The summed E-state index contributed by atoms with van der Waals surface area (Å²) in [6.07, 6.45) is 2.30. The van der Waals surface area contributed by atoms with Gasteiger partial charge in [-0.15, -0.1) is 10.2 Å². The summed E-state index contributed by atoms with van der Waals surface area (Å²) in [5, 5.41) is 7.82. The third kappa shape index (κ3) is 1.92. The molecule has 0 aliphatic carbocycles. The molecule has 3 aromatic rings. The standard InChI is InChI=1S/C12H13FN6/c1-18-7-15-17-10(18)5-6-19-9-4-2-3-8(13)11(9)16-12(19)14/h2-4,7H,5-6H2,1H3,(H2,14,16). The molecule has 0 saturated carbocycles. The van der Waals surface area contributed by atoms with Gasteiger partial charge in [0.15, 0.2) is 5.82 Å². The van der Waals surface area contributed by atoms with Gasteiger partial charge < -0.3 is 14.9 Å². The number of halogens is 1. The van der Waals surface area contributed by atoms with Crippen molar-refractivity contribution in [3.63, 3.8) is 0 Å². The zero-order valence-electron chi connectivity index (χ0n) is 10.4. The molecule has 7 heteroatoms. The Morgan fingerprint density at radius 3 is 2.95 bits per heavy atom. The van der Waals surface area contributed by atoms with Gasteiger partial charge in [-0.05, 0) is 12.1 Å². The highest BCUT2D eigenvalue weighted by Crippen LogP contribution is 2.20. The first-order chi connectivity index (χ1) is 9.16. The van der Waals surface area contributed by atoms with E-state index < -0.39 is 0 Å². The Bertz CT molecular complexity index is 729. The molecule has 0 amide bonds. The van der Waals surface area contributed by atoms with Crippen LogP contribution in [0.15, 0.2) is 24.5 Å². The highest BCUT2D eigenvalue weighted by Gasteiger charge is 2.12. The van der Waals surface area contributed by atoms with Gasteiger partial charge in [0.1, 0.15) is 17.7 Å². The number of aromatic nitrogens is 5. The van der Waals surface area contributed by atoms with Gasteiger partial charge in [0.25, 0.3) is 0 Å². The Kier molecular flexibility index (Phi) is 2.66. The number of rotatable bonds is 3. The molecule has 2 heterocycles. The van der Waals surface area contributed by atoms with E-state index in [1.807, 2.05) is 11.6 Å². The summed E-state index contributed by atoms with van der Waals surface area (Å²) in [4.78, 5) is 4.06. The smallest absolute Gasteiger partial charge is 0.201 e. The van der Waals surface area contributed by atoms with Crippen LogP contribution >= 0.6 is 0 Å². The zero-order chi connectivity index (χ0) is 13.4. The van der Waals surface area contributed by atoms with E-state index in [1.54, 1.807) is 23.0 Å². The van der Waals surface area contributed by atoms with Crippen LogP contribution in [0.1, 0.15) is 5.82 Å². The van der Waals surface area contributed by atoms with Gasteiger partial charge in [0.2, 0.25) is 5.95 Å². The molecule has 0 aliphatic heterocycles. The molecule has 0 spiro atoms. The molecule has 2 aromatic heterocycles. The van der Waals surface area contributed by atoms with Crippen LogP contribution in [0.4, 0.5) is 10.3 Å². The lowest BCUT2D eigenvalue weighted by Crippen LogP contribution is -2.08. The van der Waals surface area contributed by atoms with Crippen molar-refractivity contribution in [2.45, 2.75) is 13.0 Å². The van der Waals surface area contributed by atoms with Crippen molar-refractivity contribution in [2.24, 2.45) is 7.05 Å². The zero-order valence-corrected chi connectivity index (χ0v) is 10.4. The van der Waals surface area contributed by atoms with E-state index in [-0.39, 0.29) is 5.82 Å². The van der Waals surface area contributed by atoms with Crippen molar-refractivity contribution < 1.29 is 4.39 Å². The Hall–Kier alpha value is -2.44. The van der Waals surface area contributed by atoms with Crippen LogP contribution in [0, 0.1) is 5.82 Å². The van der Waals surface area contributed by atoms with E-state index in [4.69, 9.17) is 5.73 Å². The molecule has 0 atom stereocenters. The molecule has 0 fully saturated rings. The largest absolute Gasteiger partial charge is 0.369 e. The third-order valence-corrected chi connectivity index (χ3v) is 3.12. The molecule has 0 unspecified atom stereocenters. The number of hydrogen-bond acceptors (Lipinski definition) is 4. The molecule has 0 saturated heterocycles. The molecular formula is C12H13FN6. The molecule has 3 rings (SSSR count). The van der Waals surface area contributed by atoms with Gasteiger partial charge in [0.05, 0.1) is 5.52 Å². The van der Waals surface area contributed by atoms with Crippen molar-refractivity contribution in [1.82, 2.24) is 24.3 Å². The number of aryl methyl sites for hydroxylation is 3. The first-order valence-corrected chi connectivity index (χ1v) is 5.90. The van der Waals surface area contributed by atoms with E-state index in [0.717, 1.165) is 5.82 Å². The summed E-state index contributed by atoms with van der Waals surface area (Å²) in [5.41, 5.74) is 6.84.